The highest BCUT2D eigenvalue weighted by Crippen LogP contribution is 2.17. The van der Waals surface area contributed by atoms with Crippen LogP contribution in [0.2, 0.25) is 5.02 Å². The number of halogens is 1. The Bertz CT molecular complexity index is 1030. The zero-order valence-corrected chi connectivity index (χ0v) is 16.1. The van der Waals surface area contributed by atoms with Crippen LogP contribution in [0.1, 0.15) is 28.7 Å². The summed E-state index contributed by atoms with van der Waals surface area (Å²) in [5.74, 6) is 0.264. The van der Waals surface area contributed by atoms with Crippen LogP contribution in [0.15, 0.2) is 41.7 Å². The number of amides is 1. The number of hydrogen-bond acceptors (Lipinski definition) is 6. The van der Waals surface area contributed by atoms with Gasteiger partial charge in [-0.25, -0.2) is 9.97 Å². The van der Waals surface area contributed by atoms with Gasteiger partial charge in [0.1, 0.15) is 12.0 Å². The van der Waals surface area contributed by atoms with Crippen LogP contribution in [0.3, 0.4) is 0 Å². The van der Waals surface area contributed by atoms with Crippen molar-refractivity contribution in [3.8, 4) is 0 Å². The molecule has 2 aromatic heterocycles. The lowest BCUT2D eigenvalue weighted by Crippen LogP contribution is -2.42. The van der Waals surface area contributed by atoms with Crippen LogP contribution in [-0.4, -0.2) is 39.7 Å². The van der Waals surface area contributed by atoms with Gasteiger partial charge in [0.2, 0.25) is 5.78 Å². The van der Waals surface area contributed by atoms with E-state index in [-0.39, 0.29) is 5.91 Å². The molecule has 0 unspecified atom stereocenters. The molecule has 0 spiro atoms. The molecular weight excluding hydrogens is 378 g/mol. The SMILES string of the molecule is CCc1nc2ncc(Cl)cn2c1C(=O)NCc1ccc(N2CCN=CN2)cc1. The van der Waals surface area contributed by atoms with Crippen molar-refractivity contribution in [2.75, 3.05) is 18.1 Å². The van der Waals surface area contributed by atoms with Crippen molar-refractivity contribution in [1.82, 2.24) is 25.1 Å². The van der Waals surface area contributed by atoms with Gasteiger partial charge in [-0.1, -0.05) is 30.7 Å². The van der Waals surface area contributed by atoms with Crippen molar-refractivity contribution in [2.24, 2.45) is 4.99 Å². The predicted octanol–water partition coefficient (Wildman–Crippen LogP) is 2.23. The van der Waals surface area contributed by atoms with E-state index in [4.69, 9.17) is 11.6 Å². The molecule has 4 rings (SSSR count). The third-order valence-corrected chi connectivity index (χ3v) is 4.72. The normalized spacial score (nSPS) is 13.6. The number of hydrazine groups is 1. The van der Waals surface area contributed by atoms with E-state index in [0.29, 0.717) is 35.2 Å². The average molecular weight is 398 g/mol. The minimum Gasteiger partial charge on any atom is -0.347 e. The highest BCUT2D eigenvalue weighted by atomic mass is 35.5. The number of carbonyl (C=O) groups is 1. The number of hydrogen-bond donors (Lipinski definition) is 2. The quantitative estimate of drug-likeness (QED) is 0.689. The summed E-state index contributed by atoms with van der Waals surface area (Å²) in [5, 5.41) is 5.44. The molecule has 0 saturated carbocycles. The Balaban J connectivity index is 1.48. The number of aliphatic imine (C=N–C) groups is 1. The minimum atomic E-state index is -0.202. The molecular formula is C19H20ClN7O. The largest absolute Gasteiger partial charge is 0.347 e. The molecule has 0 fully saturated rings. The fourth-order valence-corrected chi connectivity index (χ4v) is 3.25. The molecule has 144 valence electrons. The number of carbonyl (C=O) groups excluding carboxylic acids is 1. The van der Waals surface area contributed by atoms with Crippen LogP contribution in [0, 0.1) is 0 Å². The second kappa shape index (κ2) is 7.85. The van der Waals surface area contributed by atoms with E-state index in [2.05, 4.69) is 25.7 Å². The average Bonchev–Trinajstić information content (AvgIpc) is 3.11. The molecule has 0 radical (unpaired) electrons. The number of fused-ring (bicyclic) bond motifs is 1. The fourth-order valence-electron chi connectivity index (χ4n) is 3.10. The number of aromatic nitrogens is 3. The molecule has 1 aromatic carbocycles. The third-order valence-electron chi connectivity index (χ3n) is 4.53. The van der Waals surface area contributed by atoms with Crippen LogP contribution in [0.4, 0.5) is 5.69 Å². The number of aryl methyl sites for hydroxylation is 1. The number of rotatable bonds is 5. The molecule has 1 amide bonds. The molecule has 0 bridgehead atoms. The summed E-state index contributed by atoms with van der Waals surface area (Å²) in [6, 6.07) is 8.03. The molecule has 0 atom stereocenters. The first-order chi connectivity index (χ1) is 13.7. The molecule has 8 nitrogen and oxygen atoms in total. The Labute approximate surface area is 167 Å². The molecule has 2 N–H and O–H groups in total. The van der Waals surface area contributed by atoms with E-state index in [0.717, 1.165) is 24.3 Å². The Morgan fingerprint density at radius 3 is 2.86 bits per heavy atom. The smallest absolute Gasteiger partial charge is 0.270 e. The van der Waals surface area contributed by atoms with Gasteiger partial charge in [-0.15, -0.1) is 0 Å². The van der Waals surface area contributed by atoms with Crippen LogP contribution in [0.5, 0.6) is 0 Å². The molecule has 9 heteroatoms. The van der Waals surface area contributed by atoms with E-state index in [9.17, 15) is 4.79 Å². The molecule has 3 heterocycles. The van der Waals surface area contributed by atoms with Gasteiger partial charge < -0.3 is 5.32 Å². The maximum Gasteiger partial charge on any atom is 0.270 e. The standard InChI is InChI=1S/C19H20ClN7O/c1-2-16-17(26-11-14(20)10-23-19(26)25-16)18(28)22-9-13-3-5-15(6-4-13)27-8-7-21-12-24-27/h3-6,10-12H,2,7-9H2,1H3,(H,21,24)(H,22,28). The monoisotopic (exact) mass is 397 g/mol. The van der Waals surface area contributed by atoms with Gasteiger partial charge in [0, 0.05) is 12.7 Å². The number of anilines is 1. The third kappa shape index (κ3) is 3.63. The van der Waals surface area contributed by atoms with Gasteiger partial charge in [-0.05, 0) is 24.1 Å². The highest BCUT2D eigenvalue weighted by Gasteiger charge is 2.19. The van der Waals surface area contributed by atoms with Crippen molar-refractivity contribution in [3.05, 3.63) is 58.6 Å². The first-order valence-electron chi connectivity index (χ1n) is 9.07. The zero-order valence-electron chi connectivity index (χ0n) is 15.4. The van der Waals surface area contributed by atoms with Crippen molar-refractivity contribution in [1.29, 1.82) is 0 Å². The molecule has 3 aromatic rings. The lowest BCUT2D eigenvalue weighted by molar-refractivity contribution is 0.0944. The maximum absolute atomic E-state index is 12.8. The number of nitrogens with zero attached hydrogens (tertiary/aromatic N) is 5. The Morgan fingerprint density at radius 1 is 1.32 bits per heavy atom. The lowest BCUT2D eigenvalue weighted by Gasteiger charge is -2.26. The van der Waals surface area contributed by atoms with E-state index in [1.165, 1.54) is 6.20 Å². The summed E-state index contributed by atoms with van der Waals surface area (Å²) in [6.45, 7) is 3.95. The van der Waals surface area contributed by atoms with Gasteiger partial charge >= 0.3 is 0 Å². The molecule has 1 aliphatic heterocycles. The van der Waals surface area contributed by atoms with Crippen molar-refractivity contribution < 1.29 is 4.79 Å². The van der Waals surface area contributed by atoms with Crippen LogP contribution < -0.4 is 15.8 Å². The lowest BCUT2D eigenvalue weighted by atomic mass is 10.2. The van der Waals surface area contributed by atoms with Gasteiger partial charge in [-0.3, -0.25) is 24.6 Å². The summed E-state index contributed by atoms with van der Waals surface area (Å²) in [7, 11) is 0. The van der Waals surface area contributed by atoms with Crippen LogP contribution in [0.25, 0.3) is 5.78 Å². The predicted molar refractivity (Wildman–Crippen MR) is 109 cm³/mol. The fraction of sp³-hybridized carbons (Fsp3) is 0.263. The number of imidazole rings is 1. The van der Waals surface area contributed by atoms with Gasteiger partial charge in [0.15, 0.2) is 0 Å². The summed E-state index contributed by atoms with van der Waals surface area (Å²) in [4.78, 5) is 25.6. The number of benzene rings is 1. The van der Waals surface area contributed by atoms with Crippen LogP contribution in [-0.2, 0) is 13.0 Å². The number of nitrogens with one attached hydrogen (secondary N) is 2. The first-order valence-corrected chi connectivity index (χ1v) is 9.45. The maximum atomic E-state index is 12.8. The second-order valence-corrected chi connectivity index (χ2v) is 6.80. The van der Waals surface area contributed by atoms with Crippen molar-refractivity contribution in [3.63, 3.8) is 0 Å². The minimum absolute atomic E-state index is 0.202. The van der Waals surface area contributed by atoms with Gasteiger partial charge in [0.05, 0.1) is 35.7 Å². The van der Waals surface area contributed by atoms with Crippen LogP contribution >= 0.6 is 11.6 Å². The summed E-state index contributed by atoms with van der Waals surface area (Å²) < 4.78 is 1.64. The molecule has 0 saturated heterocycles. The second-order valence-electron chi connectivity index (χ2n) is 6.37. The Morgan fingerprint density at radius 2 is 2.14 bits per heavy atom. The van der Waals surface area contributed by atoms with Gasteiger partial charge in [0.25, 0.3) is 5.91 Å². The van der Waals surface area contributed by atoms with E-state index >= 15 is 0 Å². The summed E-state index contributed by atoms with van der Waals surface area (Å²) in [6.07, 6.45) is 5.51. The van der Waals surface area contributed by atoms with Crippen molar-refractivity contribution >= 4 is 35.3 Å². The summed E-state index contributed by atoms with van der Waals surface area (Å²) in [5.41, 5.74) is 6.33. The van der Waals surface area contributed by atoms with E-state index in [1.807, 2.05) is 36.2 Å². The molecule has 0 aliphatic carbocycles. The summed E-state index contributed by atoms with van der Waals surface area (Å²) >= 11 is 6.04. The molecule has 1 aliphatic rings. The molecule has 28 heavy (non-hydrogen) atoms. The highest BCUT2D eigenvalue weighted by molar-refractivity contribution is 6.30. The zero-order chi connectivity index (χ0) is 19.5. The first kappa shape index (κ1) is 18.2. The van der Waals surface area contributed by atoms with Crippen molar-refractivity contribution in [2.45, 2.75) is 19.9 Å². The van der Waals surface area contributed by atoms with E-state index in [1.54, 1.807) is 16.9 Å². The topological polar surface area (TPSA) is 86.9 Å². The Hall–Kier alpha value is -3.13. The Kier molecular flexibility index (Phi) is 5.12. The van der Waals surface area contributed by atoms with Gasteiger partial charge in [-0.2, -0.15) is 0 Å². The van der Waals surface area contributed by atoms with E-state index < -0.39 is 0 Å².